The number of aromatic nitrogens is 1. The summed E-state index contributed by atoms with van der Waals surface area (Å²) in [5, 5.41) is 13.6. The van der Waals surface area contributed by atoms with Crippen molar-refractivity contribution in [1.82, 2.24) is 15.6 Å². The lowest BCUT2D eigenvalue weighted by Gasteiger charge is -2.06. The second-order valence-electron chi connectivity index (χ2n) is 3.25. The highest BCUT2D eigenvalue weighted by Crippen LogP contribution is 2.04. The van der Waals surface area contributed by atoms with E-state index in [0.29, 0.717) is 0 Å². The van der Waals surface area contributed by atoms with Crippen molar-refractivity contribution in [3.63, 3.8) is 0 Å². The van der Waals surface area contributed by atoms with Gasteiger partial charge in [0.1, 0.15) is 5.69 Å². The van der Waals surface area contributed by atoms with E-state index in [2.05, 4.69) is 15.6 Å². The number of rotatable bonds is 5. The zero-order chi connectivity index (χ0) is 13.5. The number of carboxylic acid groups (broad SMARTS) is 1. The Hall–Kier alpha value is -2.64. The van der Waals surface area contributed by atoms with Crippen molar-refractivity contribution in [3.05, 3.63) is 29.6 Å². The number of amides is 3. The molecule has 0 radical (unpaired) electrons. The smallest absolute Gasteiger partial charge is 0.338 e. The van der Waals surface area contributed by atoms with Gasteiger partial charge in [-0.05, 0) is 12.1 Å². The molecule has 0 spiro atoms. The zero-order valence-electron chi connectivity index (χ0n) is 9.34. The molecular weight excluding hydrogens is 240 g/mol. The van der Waals surface area contributed by atoms with E-state index in [4.69, 9.17) is 10.8 Å². The van der Waals surface area contributed by atoms with Gasteiger partial charge in [-0.2, -0.15) is 0 Å². The van der Waals surface area contributed by atoms with Crippen molar-refractivity contribution in [3.8, 4) is 0 Å². The Morgan fingerprint density at radius 3 is 2.56 bits per heavy atom. The van der Waals surface area contributed by atoms with Gasteiger partial charge >= 0.3 is 12.0 Å². The van der Waals surface area contributed by atoms with E-state index in [1.54, 1.807) is 0 Å². The van der Waals surface area contributed by atoms with Gasteiger partial charge in [-0.25, -0.2) is 9.59 Å². The number of urea groups is 1. The fourth-order valence-corrected chi connectivity index (χ4v) is 1.20. The molecule has 96 valence electrons. The minimum atomic E-state index is -1.23. The molecule has 0 aliphatic heterocycles. The number of hydrogen-bond donors (Lipinski definition) is 4. The molecule has 0 aliphatic rings. The third-order valence-corrected chi connectivity index (χ3v) is 1.96. The molecule has 1 heterocycles. The number of nitrogens with one attached hydrogen (secondary N) is 2. The molecule has 0 aliphatic carbocycles. The Bertz CT molecular complexity index is 475. The minimum absolute atomic E-state index is 0.122. The molecule has 3 amide bonds. The average molecular weight is 252 g/mol. The van der Waals surface area contributed by atoms with Crippen LogP contribution in [0.2, 0.25) is 0 Å². The summed E-state index contributed by atoms with van der Waals surface area (Å²) in [6.45, 7) is 0.272. The summed E-state index contributed by atoms with van der Waals surface area (Å²) in [5.41, 5.74) is 4.47. The fraction of sp³-hybridized carbons (Fsp3) is 0.200. The molecule has 0 bridgehead atoms. The maximum atomic E-state index is 11.6. The molecule has 0 saturated heterocycles. The topological polar surface area (TPSA) is 134 Å². The monoisotopic (exact) mass is 252 g/mol. The molecule has 1 aromatic rings. The summed E-state index contributed by atoms with van der Waals surface area (Å²) in [7, 11) is 0. The first-order chi connectivity index (χ1) is 8.52. The Morgan fingerprint density at radius 2 is 1.94 bits per heavy atom. The number of carboxylic acids is 1. The number of nitrogens with two attached hydrogens (primary N) is 1. The van der Waals surface area contributed by atoms with Crippen LogP contribution in [0.15, 0.2) is 18.3 Å². The molecule has 1 rings (SSSR count). The number of hydrogen-bond acceptors (Lipinski definition) is 4. The van der Waals surface area contributed by atoms with E-state index in [-0.39, 0.29) is 24.3 Å². The third kappa shape index (κ3) is 3.74. The van der Waals surface area contributed by atoms with Gasteiger partial charge in [0.25, 0.3) is 5.91 Å². The van der Waals surface area contributed by atoms with Gasteiger partial charge in [0.2, 0.25) is 0 Å². The highest BCUT2D eigenvalue weighted by atomic mass is 16.4. The van der Waals surface area contributed by atoms with E-state index in [9.17, 15) is 14.4 Å². The van der Waals surface area contributed by atoms with Crippen LogP contribution in [0.4, 0.5) is 4.79 Å². The lowest BCUT2D eigenvalue weighted by molar-refractivity contribution is 0.0690. The van der Waals surface area contributed by atoms with Crippen molar-refractivity contribution in [2.75, 3.05) is 13.1 Å². The second-order valence-corrected chi connectivity index (χ2v) is 3.25. The standard InChI is InChI=1S/C10H12N4O4/c11-10(18)14-5-4-13-8(15)7-6(9(16)17)2-1-3-12-7/h1-3H,4-5H2,(H,13,15)(H,16,17)(H3,11,14,18). The summed E-state index contributed by atoms with van der Waals surface area (Å²) in [5.74, 6) is -1.86. The van der Waals surface area contributed by atoms with Crippen molar-refractivity contribution >= 4 is 17.9 Å². The molecule has 5 N–H and O–H groups in total. The highest BCUT2D eigenvalue weighted by Gasteiger charge is 2.16. The molecule has 0 aromatic carbocycles. The molecule has 8 nitrogen and oxygen atoms in total. The number of carbonyl (C=O) groups is 3. The maximum absolute atomic E-state index is 11.6. The lowest BCUT2D eigenvalue weighted by atomic mass is 10.2. The molecule has 8 heteroatoms. The van der Waals surface area contributed by atoms with Crippen molar-refractivity contribution in [2.24, 2.45) is 5.73 Å². The van der Waals surface area contributed by atoms with Crippen LogP contribution in [-0.4, -0.2) is 41.1 Å². The first-order valence-electron chi connectivity index (χ1n) is 5.02. The van der Waals surface area contributed by atoms with Crippen LogP contribution in [0, 0.1) is 0 Å². The van der Waals surface area contributed by atoms with E-state index >= 15 is 0 Å². The Labute approximate surface area is 102 Å². The number of pyridine rings is 1. The molecular formula is C10H12N4O4. The highest BCUT2D eigenvalue weighted by molar-refractivity contribution is 6.03. The Kier molecular flexibility index (Phi) is 4.61. The van der Waals surface area contributed by atoms with Crippen LogP contribution < -0.4 is 16.4 Å². The first-order valence-corrected chi connectivity index (χ1v) is 5.02. The van der Waals surface area contributed by atoms with Crippen molar-refractivity contribution < 1.29 is 19.5 Å². The fourth-order valence-electron chi connectivity index (χ4n) is 1.20. The number of nitrogens with zero attached hydrogens (tertiary/aromatic N) is 1. The summed E-state index contributed by atoms with van der Waals surface area (Å²) in [4.78, 5) is 36.6. The SMILES string of the molecule is NC(=O)NCCNC(=O)c1ncccc1C(=O)O. The largest absolute Gasteiger partial charge is 0.478 e. The zero-order valence-corrected chi connectivity index (χ0v) is 9.34. The van der Waals surface area contributed by atoms with E-state index < -0.39 is 17.9 Å². The quantitative estimate of drug-likeness (QED) is 0.508. The van der Waals surface area contributed by atoms with Gasteiger partial charge in [-0.1, -0.05) is 0 Å². The van der Waals surface area contributed by atoms with Gasteiger partial charge in [0, 0.05) is 19.3 Å². The molecule has 0 unspecified atom stereocenters. The van der Waals surface area contributed by atoms with Gasteiger partial charge in [-0.15, -0.1) is 0 Å². The Balaban J connectivity index is 2.61. The van der Waals surface area contributed by atoms with E-state index in [1.165, 1.54) is 18.3 Å². The van der Waals surface area contributed by atoms with Gasteiger partial charge in [0.15, 0.2) is 0 Å². The third-order valence-electron chi connectivity index (χ3n) is 1.96. The van der Waals surface area contributed by atoms with Crippen LogP contribution in [0.5, 0.6) is 0 Å². The minimum Gasteiger partial charge on any atom is -0.478 e. The Morgan fingerprint density at radius 1 is 1.28 bits per heavy atom. The van der Waals surface area contributed by atoms with Crippen LogP contribution in [0.3, 0.4) is 0 Å². The molecule has 0 saturated carbocycles. The molecule has 1 aromatic heterocycles. The van der Waals surface area contributed by atoms with Gasteiger partial charge in [-0.3, -0.25) is 9.78 Å². The number of carbonyl (C=O) groups excluding carboxylic acids is 2. The molecule has 0 atom stereocenters. The van der Waals surface area contributed by atoms with Crippen LogP contribution >= 0.6 is 0 Å². The van der Waals surface area contributed by atoms with Crippen LogP contribution in [0.25, 0.3) is 0 Å². The number of aromatic carboxylic acids is 1. The summed E-state index contributed by atoms with van der Waals surface area (Å²) >= 11 is 0. The van der Waals surface area contributed by atoms with Crippen molar-refractivity contribution in [1.29, 1.82) is 0 Å². The van der Waals surface area contributed by atoms with E-state index in [0.717, 1.165) is 0 Å². The van der Waals surface area contributed by atoms with Crippen molar-refractivity contribution in [2.45, 2.75) is 0 Å². The lowest BCUT2D eigenvalue weighted by Crippen LogP contribution is -2.37. The van der Waals surface area contributed by atoms with E-state index in [1.807, 2.05) is 0 Å². The molecule has 18 heavy (non-hydrogen) atoms. The first kappa shape index (κ1) is 13.4. The average Bonchev–Trinajstić information content (AvgIpc) is 2.34. The predicted octanol–water partition coefficient (Wildman–Crippen LogP) is -0.822. The van der Waals surface area contributed by atoms with Crippen LogP contribution in [-0.2, 0) is 0 Å². The number of primary amides is 1. The normalized spacial score (nSPS) is 9.56. The van der Waals surface area contributed by atoms with Crippen LogP contribution in [0.1, 0.15) is 20.8 Å². The maximum Gasteiger partial charge on any atom is 0.338 e. The predicted molar refractivity (Wildman–Crippen MR) is 61.1 cm³/mol. The summed E-state index contributed by atoms with van der Waals surface area (Å²) < 4.78 is 0. The summed E-state index contributed by atoms with van der Waals surface area (Å²) in [6.07, 6.45) is 1.32. The van der Waals surface area contributed by atoms with Gasteiger partial charge in [0.05, 0.1) is 5.56 Å². The molecule has 0 fully saturated rings. The second kappa shape index (κ2) is 6.18. The van der Waals surface area contributed by atoms with Gasteiger partial charge < -0.3 is 21.5 Å². The summed E-state index contributed by atoms with van der Waals surface area (Å²) in [6, 6.07) is 2.01.